The van der Waals surface area contributed by atoms with Crippen LogP contribution < -0.4 is 5.32 Å². The zero-order valence-electron chi connectivity index (χ0n) is 13.5. The lowest BCUT2D eigenvalue weighted by Crippen LogP contribution is -2.41. The van der Waals surface area contributed by atoms with Gasteiger partial charge >= 0.3 is 0 Å². The van der Waals surface area contributed by atoms with E-state index in [1.807, 2.05) is 7.05 Å². The molecule has 1 aromatic carbocycles. The molecule has 1 aromatic rings. The number of amides is 1. The summed E-state index contributed by atoms with van der Waals surface area (Å²) in [5, 5.41) is 3.26. The van der Waals surface area contributed by atoms with Crippen LogP contribution in [0.5, 0.6) is 0 Å². The highest BCUT2D eigenvalue weighted by Crippen LogP contribution is 2.23. The van der Waals surface area contributed by atoms with Crippen molar-refractivity contribution in [3.63, 3.8) is 0 Å². The molecule has 0 spiro atoms. The molecule has 22 heavy (non-hydrogen) atoms. The number of nitrogens with one attached hydrogen (secondary N) is 1. The lowest BCUT2D eigenvalue weighted by Gasteiger charge is -2.25. The van der Waals surface area contributed by atoms with Gasteiger partial charge in [-0.1, -0.05) is 18.2 Å². The van der Waals surface area contributed by atoms with E-state index in [-0.39, 0.29) is 12.0 Å². The molecule has 3 rings (SSSR count). The standard InChI is InChI=1S/C17H25N3O2/c1-19-11-14-4-3-13(7-15(14)12-19)10-20(2)17(21)8-16-9-18-5-6-22-16/h3-4,7,16,18H,5-6,8-12H2,1-2H3/t16-/m1/s1. The molecular formula is C17H25N3O2. The Morgan fingerprint density at radius 3 is 3.00 bits per heavy atom. The van der Waals surface area contributed by atoms with E-state index in [0.717, 1.165) is 26.2 Å². The van der Waals surface area contributed by atoms with E-state index >= 15 is 0 Å². The van der Waals surface area contributed by atoms with Crippen molar-refractivity contribution in [1.82, 2.24) is 15.1 Å². The van der Waals surface area contributed by atoms with E-state index in [0.29, 0.717) is 19.6 Å². The van der Waals surface area contributed by atoms with Gasteiger partial charge in [0.2, 0.25) is 5.91 Å². The smallest absolute Gasteiger partial charge is 0.225 e. The first-order chi connectivity index (χ1) is 10.6. The van der Waals surface area contributed by atoms with Gasteiger partial charge in [0.1, 0.15) is 0 Å². The van der Waals surface area contributed by atoms with Crippen LogP contribution in [0.2, 0.25) is 0 Å². The van der Waals surface area contributed by atoms with Gasteiger partial charge in [0.25, 0.3) is 0 Å². The minimum absolute atomic E-state index is 0.0115. The second kappa shape index (κ2) is 6.77. The number of hydrogen-bond acceptors (Lipinski definition) is 4. The van der Waals surface area contributed by atoms with E-state index in [9.17, 15) is 4.79 Å². The van der Waals surface area contributed by atoms with Crippen molar-refractivity contribution in [2.75, 3.05) is 33.8 Å². The summed E-state index contributed by atoms with van der Waals surface area (Å²) in [5.41, 5.74) is 4.00. The quantitative estimate of drug-likeness (QED) is 0.900. The number of morpholine rings is 1. The first-order valence-electron chi connectivity index (χ1n) is 7.97. The number of carbonyl (C=O) groups excluding carboxylic acids is 1. The normalized spacial score (nSPS) is 21.6. The molecule has 0 aliphatic carbocycles. The Kier molecular flexibility index (Phi) is 4.76. The number of rotatable bonds is 4. The molecule has 1 saturated heterocycles. The molecule has 0 radical (unpaired) electrons. The van der Waals surface area contributed by atoms with Crippen molar-refractivity contribution >= 4 is 5.91 Å². The van der Waals surface area contributed by atoms with Crippen LogP contribution >= 0.6 is 0 Å². The van der Waals surface area contributed by atoms with Crippen LogP contribution in [0.15, 0.2) is 18.2 Å². The van der Waals surface area contributed by atoms with Crippen LogP contribution in [0, 0.1) is 0 Å². The molecule has 1 N–H and O–H groups in total. The van der Waals surface area contributed by atoms with Gasteiger partial charge in [0.15, 0.2) is 0 Å². The molecule has 0 aromatic heterocycles. The minimum Gasteiger partial charge on any atom is -0.375 e. The van der Waals surface area contributed by atoms with E-state index < -0.39 is 0 Å². The minimum atomic E-state index is 0.0115. The number of hydrogen-bond donors (Lipinski definition) is 1. The Morgan fingerprint density at radius 2 is 2.23 bits per heavy atom. The van der Waals surface area contributed by atoms with Gasteiger partial charge in [-0.2, -0.15) is 0 Å². The molecule has 1 fully saturated rings. The van der Waals surface area contributed by atoms with Crippen molar-refractivity contribution in [2.45, 2.75) is 32.2 Å². The summed E-state index contributed by atoms with van der Waals surface area (Å²) >= 11 is 0. The molecule has 1 atom stereocenters. The number of nitrogens with zero attached hydrogens (tertiary/aromatic N) is 2. The Balaban J connectivity index is 1.56. The molecule has 2 aliphatic heterocycles. The predicted octanol–water partition coefficient (Wildman–Crippen LogP) is 0.969. The third-order valence-electron chi connectivity index (χ3n) is 4.40. The van der Waals surface area contributed by atoms with Crippen LogP contribution in [-0.4, -0.2) is 55.6 Å². The highest BCUT2D eigenvalue weighted by molar-refractivity contribution is 5.76. The third kappa shape index (κ3) is 3.66. The Bertz CT molecular complexity index is 541. The van der Waals surface area contributed by atoms with Crippen molar-refractivity contribution < 1.29 is 9.53 Å². The van der Waals surface area contributed by atoms with Gasteiger partial charge in [0.05, 0.1) is 19.1 Å². The van der Waals surface area contributed by atoms with Crippen molar-refractivity contribution in [3.05, 3.63) is 34.9 Å². The summed E-state index contributed by atoms with van der Waals surface area (Å²) < 4.78 is 5.61. The lowest BCUT2D eigenvalue weighted by atomic mass is 10.1. The monoisotopic (exact) mass is 303 g/mol. The highest BCUT2D eigenvalue weighted by atomic mass is 16.5. The van der Waals surface area contributed by atoms with Gasteiger partial charge in [0, 0.05) is 39.8 Å². The van der Waals surface area contributed by atoms with Crippen LogP contribution in [0.25, 0.3) is 0 Å². The van der Waals surface area contributed by atoms with Gasteiger partial charge < -0.3 is 15.0 Å². The molecule has 0 saturated carbocycles. The molecule has 5 heteroatoms. The largest absolute Gasteiger partial charge is 0.375 e. The summed E-state index contributed by atoms with van der Waals surface area (Å²) in [6.45, 7) is 5.03. The number of carbonyl (C=O) groups is 1. The Hall–Kier alpha value is -1.43. The highest BCUT2D eigenvalue weighted by Gasteiger charge is 2.20. The number of ether oxygens (including phenoxy) is 1. The fraction of sp³-hybridized carbons (Fsp3) is 0.588. The lowest BCUT2D eigenvalue weighted by molar-refractivity contribution is -0.133. The van der Waals surface area contributed by atoms with Crippen LogP contribution in [0.4, 0.5) is 0 Å². The van der Waals surface area contributed by atoms with Gasteiger partial charge in [-0.05, 0) is 23.7 Å². The van der Waals surface area contributed by atoms with Crippen molar-refractivity contribution in [1.29, 1.82) is 0 Å². The Labute approximate surface area is 132 Å². The Morgan fingerprint density at radius 1 is 1.41 bits per heavy atom. The number of fused-ring (bicyclic) bond motifs is 1. The molecular weight excluding hydrogens is 278 g/mol. The summed E-state index contributed by atoms with van der Waals surface area (Å²) in [4.78, 5) is 16.4. The molecule has 2 aliphatic rings. The van der Waals surface area contributed by atoms with Crippen LogP contribution in [0.1, 0.15) is 23.1 Å². The van der Waals surface area contributed by atoms with Crippen LogP contribution in [0.3, 0.4) is 0 Å². The summed E-state index contributed by atoms with van der Waals surface area (Å²) in [6, 6.07) is 6.57. The fourth-order valence-electron chi connectivity index (χ4n) is 3.18. The fourth-order valence-corrected chi connectivity index (χ4v) is 3.18. The molecule has 2 heterocycles. The van der Waals surface area contributed by atoms with Crippen LogP contribution in [-0.2, 0) is 29.2 Å². The molecule has 0 bridgehead atoms. The van der Waals surface area contributed by atoms with Crippen molar-refractivity contribution in [3.8, 4) is 0 Å². The number of benzene rings is 1. The van der Waals surface area contributed by atoms with Gasteiger partial charge in [-0.15, -0.1) is 0 Å². The summed E-state index contributed by atoms with van der Waals surface area (Å²) in [5.74, 6) is 0.145. The average Bonchev–Trinajstić information content (AvgIpc) is 2.87. The van der Waals surface area contributed by atoms with E-state index in [2.05, 4.69) is 35.5 Å². The van der Waals surface area contributed by atoms with Gasteiger partial charge in [-0.25, -0.2) is 0 Å². The molecule has 5 nitrogen and oxygen atoms in total. The second-order valence-corrected chi connectivity index (χ2v) is 6.43. The zero-order chi connectivity index (χ0) is 15.5. The summed E-state index contributed by atoms with van der Waals surface area (Å²) in [6.07, 6.45) is 0.467. The van der Waals surface area contributed by atoms with Gasteiger partial charge in [-0.3, -0.25) is 9.69 Å². The molecule has 0 unspecified atom stereocenters. The van der Waals surface area contributed by atoms with E-state index in [4.69, 9.17) is 4.74 Å². The van der Waals surface area contributed by atoms with Crippen molar-refractivity contribution in [2.24, 2.45) is 0 Å². The first kappa shape index (κ1) is 15.5. The van der Waals surface area contributed by atoms with E-state index in [1.54, 1.807) is 4.90 Å². The molecule has 120 valence electrons. The average molecular weight is 303 g/mol. The summed E-state index contributed by atoms with van der Waals surface area (Å²) in [7, 11) is 4.01. The SMILES string of the molecule is CN1Cc2ccc(CN(C)C(=O)C[C@@H]3CNCCO3)cc2C1. The first-order valence-corrected chi connectivity index (χ1v) is 7.97. The zero-order valence-corrected chi connectivity index (χ0v) is 13.5. The van der Waals surface area contributed by atoms with E-state index in [1.165, 1.54) is 16.7 Å². The second-order valence-electron chi connectivity index (χ2n) is 6.43. The maximum absolute atomic E-state index is 12.3. The maximum atomic E-state index is 12.3. The maximum Gasteiger partial charge on any atom is 0.225 e. The molecule has 1 amide bonds. The predicted molar refractivity (Wildman–Crippen MR) is 85.3 cm³/mol. The third-order valence-corrected chi connectivity index (χ3v) is 4.40. The topological polar surface area (TPSA) is 44.8 Å².